The van der Waals surface area contributed by atoms with E-state index < -0.39 is 239 Å². The zero-order valence-electron chi connectivity index (χ0n) is 82.0. The third-order valence-corrected chi connectivity index (χ3v) is 28.5. The summed E-state index contributed by atoms with van der Waals surface area (Å²) in [6, 6.07) is -3.38. The Morgan fingerprint density at radius 3 is 1.81 bits per heavy atom. The van der Waals surface area contributed by atoms with Crippen LogP contribution in [0.2, 0.25) is 0 Å². The number of carbonyl (C=O) groups excluding carboxylic acids is 16. The van der Waals surface area contributed by atoms with E-state index in [-0.39, 0.29) is 166 Å². The molecule has 10 rings (SSSR count). The lowest BCUT2D eigenvalue weighted by Gasteiger charge is -2.41. The van der Waals surface area contributed by atoms with Gasteiger partial charge in [-0.3, -0.25) is 92.1 Å². The number of carbonyl (C=O) groups is 19. The Labute approximate surface area is 845 Å². The molecule has 5 aliphatic heterocycles. The predicted octanol–water partition coefficient (Wildman–Crippen LogP) is 2.67. The maximum absolute atomic E-state index is 16.1. The summed E-state index contributed by atoms with van der Waals surface area (Å²) in [6.07, 6.45) is 1.03. The Hall–Kier alpha value is -13.1. The topological polar surface area (TPSA) is 627 Å². The minimum Gasteiger partial charge on any atom is -0.481 e. The highest BCUT2D eigenvalue weighted by Gasteiger charge is 2.51. The van der Waals surface area contributed by atoms with E-state index in [9.17, 15) is 78.0 Å². The van der Waals surface area contributed by atoms with Gasteiger partial charge in [-0.05, 0) is 227 Å². The van der Waals surface area contributed by atoms with Crippen molar-refractivity contribution in [1.29, 1.82) is 0 Å². The zero-order chi connectivity index (χ0) is 105. The van der Waals surface area contributed by atoms with E-state index in [0.717, 1.165) is 10.1 Å². The number of amides is 16. The lowest BCUT2D eigenvalue weighted by Crippen LogP contribution is -2.67. The maximum Gasteiger partial charge on any atom is 0.409 e. The average molecular weight is 2060 g/mol. The number of benzene rings is 2. The third-order valence-electron chi connectivity index (χ3n) is 26.0. The molecule has 3 bridgehead atoms. The molecule has 0 aliphatic carbocycles. The molecular weight excluding hydrogens is 1920 g/mol. The molecule has 5 aliphatic rings. The lowest BCUT2D eigenvalue weighted by molar-refractivity contribution is -0.146. The van der Waals surface area contributed by atoms with Crippen LogP contribution >= 0.6 is 34.0 Å². The van der Waals surface area contributed by atoms with Gasteiger partial charge < -0.3 is 110 Å². The molecule has 3 aromatic heterocycles. The van der Waals surface area contributed by atoms with Gasteiger partial charge in [0.2, 0.25) is 88.6 Å². The summed E-state index contributed by atoms with van der Waals surface area (Å²) < 4.78 is 6.84. The molecule has 42 nitrogen and oxygen atoms in total. The monoisotopic (exact) mass is 2050 g/mol. The number of nitrogens with one attached hydrogen (secondary N) is 15. The fourth-order valence-electron chi connectivity index (χ4n) is 18.2. The van der Waals surface area contributed by atoms with Crippen molar-refractivity contribution < 1.29 is 116 Å². The molecule has 45 heteroatoms. The van der Waals surface area contributed by atoms with Crippen LogP contribution in [-0.4, -0.2) is 277 Å². The molecule has 3 fully saturated rings. The third kappa shape index (κ3) is 32.7. The Morgan fingerprint density at radius 1 is 0.583 bits per heavy atom. The van der Waals surface area contributed by atoms with Gasteiger partial charge in [-0.25, -0.2) is 9.59 Å². The van der Waals surface area contributed by atoms with E-state index in [0.29, 0.717) is 23.1 Å². The number of hydrogen-bond donors (Lipinski definition) is 20. The highest BCUT2D eigenvalue weighted by atomic mass is 32.1. The molecule has 5 aromatic rings. The summed E-state index contributed by atoms with van der Waals surface area (Å²) in [4.78, 5) is 277. The van der Waals surface area contributed by atoms with Gasteiger partial charge in [0.25, 0.3) is 0 Å². The van der Waals surface area contributed by atoms with Crippen LogP contribution in [0, 0.1) is 5.41 Å². The molecule has 144 heavy (non-hydrogen) atoms. The van der Waals surface area contributed by atoms with E-state index in [1.54, 1.807) is 78.7 Å². The van der Waals surface area contributed by atoms with Crippen LogP contribution in [0.25, 0.3) is 10.1 Å². The second-order valence-corrected chi connectivity index (χ2v) is 41.6. The van der Waals surface area contributed by atoms with Crippen molar-refractivity contribution in [2.75, 3.05) is 32.8 Å². The van der Waals surface area contributed by atoms with Gasteiger partial charge in [0.15, 0.2) is 0 Å². The smallest absolute Gasteiger partial charge is 0.409 e. The summed E-state index contributed by atoms with van der Waals surface area (Å²) in [6.45, 7) is 11.0. The maximum atomic E-state index is 16.1. The Balaban J connectivity index is 1.04. The van der Waals surface area contributed by atoms with Gasteiger partial charge in [-0.2, -0.15) is 22.7 Å². The fraction of sp³-hybridized carbons (Fsp3) is 0.545. The second-order valence-electron chi connectivity index (χ2n) is 39.1. The number of primary amides is 1. The summed E-state index contributed by atoms with van der Waals surface area (Å²) in [7, 11) is 0. The Bertz CT molecular complexity index is 5510. The molecule has 2 spiro atoms. The van der Waals surface area contributed by atoms with E-state index in [1.807, 2.05) is 29.6 Å². The average Bonchev–Trinajstić information content (AvgIpc) is 1.65. The largest absolute Gasteiger partial charge is 0.481 e. The number of ether oxygens (including phenoxy) is 1. The number of rotatable bonds is 17. The number of carboxylic acids is 3. The van der Waals surface area contributed by atoms with E-state index in [4.69, 9.17) is 10.5 Å². The summed E-state index contributed by atoms with van der Waals surface area (Å²) in [5.41, 5.74) is 0.708. The summed E-state index contributed by atoms with van der Waals surface area (Å²) in [5, 5.41) is 95.3. The van der Waals surface area contributed by atoms with Gasteiger partial charge >= 0.3 is 24.0 Å². The summed E-state index contributed by atoms with van der Waals surface area (Å²) in [5.74, 6) is -18.1. The number of thiophene rings is 3. The van der Waals surface area contributed by atoms with Crippen LogP contribution in [0.3, 0.4) is 0 Å². The number of aliphatic hydroxyl groups excluding tert-OH is 1. The standard InChI is InChI=1S/C99H134N18O24S3/c1-56(80(100)124)102-82(126)66-30-31-77(119)101-38-21-17-28-65-83(127)111-75-52-116(51-74(75)104-67(45-60-32-41-142-53-60)84(128)109-70(86(130)106-66)47-63-55-144-76-29-16-15-27-64(63)76)95(140)141-40-22-14-10-9-11-18-34-98(35-19-12-13-20-36-99(37-24-39-117(99)58(3)118)94(139)113-72(49-79(122)123)88(132)110-73(90(134)115-98)50-96(4,5)6)93(138)112-71(48-78(120)121)87(131)108-69(44-59-25-23-26-62(43-59)91(135)136)89(133)114-97(7,8)92(137)103-57(2)81(125)107-68(85(129)105-65)46-61-33-42-143-54-61/h9-10,13,15-16,20,23,25-27,29,32-33,41-43,53-57,65-75,90,104,115,134H,11-12,14,17-19,21-22,24,28,30-31,34-40,44-52H2,1-8H3,(H2,100,124)(H,101,119)(H,102,126)(H,103,137)(H,105,129)(H,106,130)(H,107,125)(H,108,131)(H,109,128)(H,110,132)(H,111,127)(H,112,138)(H,113,139)(H,114,133)(H,120,121)(H,122,123)(H,135,136)/b10-9+,20-13+/t56-,57-,65-,66-,67-,68-,69-,70-,71-,72-,73-,74?,75+,90?,98+,99-/m0/s1. The zero-order valence-corrected chi connectivity index (χ0v) is 84.5. The molecule has 21 N–H and O–H groups in total. The molecule has 2 aromatic carbocycles. The molecule has 8 heterocycles. The number of nitrogens with two attached hydrogens (primary N) is 1. The van der Waals surface area contributed by atoms with Crippen LogP contribution in [0.15, 0.2) is 112 Å². The van der Waals surface area contributed by atoms with Gasteiger partial charge in [0.05, 0.1) is 48.7 Å². The Morgan fingerprint density at radius 2 is 1.17 bits per heavy atom. The first-order chi connectivity index (χ1) is 68.3. The van der Waals surface area contributed by atoms with Crippen LogP contribution in [0.1, 0.15) is 210 Å². The number of carboxylic acid groups (broad SMARTS) is 3. The number of aliphatic carboxylic acids is 2. The number of hydrogen-bond acceptors (Lipinski definition) is 26. The van der Waals surface area contributed by atoms with E-state index in [2.05, 4.69) is 79.8 Å². The molecular formula is C99H134N18O24S3. The molecule has 2 unspecified atom stereocenters. The van der Waals surface area contributed by atoms with Crippen molar-refractivity contribution in [1.82, 2.24) is 89.6 Å². The predicted molar refractivity (Wildman–Crippen MR) is 532 cm³/mol. The van der Waals surface area contributed by atoms with E-state index in [1.165, 1.54) is 103 Å². The van der Waals surface area contributed by atoms with Crippen LogP contribution in [0.5, 0.6) is 0 Å². The minimum atomic E-state index is -2.11. The van der Waals surface area contributed by atoms with Crippen LogP contribution in [0.4, 0.5) is 4.79 Å². The normalized spacial score (nSPS) is 27.5. The molecule has 3 saturated heterocycles. The molecule has 0 radical (unpaired) electrons. The number of aliphatic hydroxyl groups is 1. The number of likely N-dealkylation sites (tertiary alicyclic amines) is 1. The molecule has 0 saturated carbocycles. The van der Waals surface area contributed by atoms with Crippen LogP contribution in [-0.2, 0) is 112 Å². The van der Waals surface area contributed by atoms with Crippen molar-refractivity contribution >= 4 is 157 Å². The fourth-order valence-corrected chi connectivity index (χ4v) is 20.5. The first kappa shape index (κ1) is 113. The van der Waals surface area contributed by atoms with Crippen molar-refractivity contribution in [2.45, 2.75) is 304 Å². The summed E-state index contributed by atoms with van der Waals surface area (Å²) >= 11 is 3.99. The quantitative estimate of drug-likeness (QED) is 0.0595. The van der Waals surface area contributed by atoms with Gasteiger partial charge in [-0.1, -0.05) is 75.4 Å². The Kier molecular flexibility index (Phi) is 41.1. The van der Waals surface area contributed by atoms with Gasteiger partial charge in [-0.15, -0.1) is 11.3 Å². The van der Waals surface area contributed by atoms with Crippen molar-refractivity contribution in [3.63, 3.8) is 0 Å². The molecule has 16 atom stereocenters. The number of fused-ring (bicyclic) bond motifs is 4. The van der Waals surface area contributed by atoms with Crippen LogP contribution < -0.4 is 85.5 Å². The molecule has 16 amide bonds. The number of cyclic esters (lactones) is 1. The second kappa shape index (κ2) is 52.4. The minimum absolute atomic E-state index is 0.0226. The van der Waals surface area contributed by atoms with Crippen molar-refractivity contribution in [2.24, 2.45) is 11.1 Å². The van der Waals surface area contributed by atoms with Gasteiger partial charge in [0.1, 0.15) is 71.7 Å². The number of aromatic carboxylic acids is 1. The van der Waals surface area contributed by atoms with Crippen molar-refractivity contribution in [3.8, 4) is 0 Å². The first-order valence-electron chi connectivity index (χ1n) is 48.5. The first-order valence-corrected chi connectivity index (χ1v) is 51.3. The lowest BCUT2D eigenvalue weighted by atomic mass is 9.83. The SMILES string of the molecule is CC(=O)N1CCC[C@]12C/C=C/CCC[C@@]1(CCC/C=C/CCCOC(=O)N3CC4N[C@@H](Cc5ccsc5)C(=O)N[C@@H](Cc5csc6ccccc56)C(=O)N[C@H](C(=O)N[C@@H](C)C(N)=O)CCC(=O)NCCCC[C@H](NC(=O)[C@H](Cc5ccsc5)NC(=O)[C@H](C)NC(=O)C(C)(C)NC(=O)[C@H](Cc5cccc(C(=O)O)c5)NC(=O)[C@H](CC(=O)O)NC1=O)C(=O)N[C@@H]4C3)NC(O)[C@H](CC(C)(C)C)NC(=O)[C@H](CC(=O)O)NC2=O. The highest BCUT2D eigenvalue weighted by Crippen LogP contribution is 2.36. The molecule has 782 valence electrons. The highest BCUT2D eigenvalue weighted by molar-refractivity contribution is 7.17. The number of nitrogens with zero attached hydrogens (tertiary/aromatic N) is 2. The number of allylic oxidation sites excluding steroid dienone is 3. The van der Waals surface area contributed by atoms with E-state index >= 15 is 33.6 Å². The van der Waals surface area contributed by atoms with Gasteiger partial charge in [0, 0.05) is 69.5 Å². The van der Waals surface area contributed by atoms with Crippen molar-refractivity contribution in [3.05, 3.63) is 140 Å².